The minimum atomic E-state index is 0. The Hall–Kier alpha value is 2.54. The third-order valence-corrected chi connectivity index (χ3v) is 4.71. The predicted molar refractivity (Wildman–Crippen MR) is 127 cm³/mol. The van der Waals surface area contributed by atoms with Crippen LogP contribution in [-0.2, 0) is 0 Å². The van der Waals surface area contributed by atoms with Gasteiger partial charge in [0.2, 0.25) is 0 Å². The van der Waals surface area contributed by atoms with Gasteiger partial charge in [0.15, 0.2) is 0 Å². The van der Waals surface area contributed by atoms with E-state index in [1.807, 2.05) is 0 Å². The van der Waals surface area contributed by atoms with Crippen molar-refractivity contribution in [3.63, 3.8) is 0 Å². The van der Waals surface area contributed by atoms with E-state index >= 15 is 0 Å². The summed E-state index contributed by atoms with van der Waals surface area (Å²) in [5.74, 6) is 0. The first kappa shape index (κ1) is 59.0. The molecular formula is C26H56CeCl4-4. The van der Waals surface area contributed by atoms with E-state index in [4.69, 9.17) is 0 Å². The van der Waals surface area contributed by atoms with Gasteiger partial charge in [0.25, 0.3) is 0 Å². The first-order valence-corrected chi connectivity index (χ1v) is 11.4. The Balaban J connectivity index is -0.0000000364. The van der Waals surface area contributed by atoms with Crippen molar-refractivity contribution in [3.05, 3.63) is 28.7 Å². The molecule has 0 spiro atoms. The third kappa shape index (κ3) is 71.9. The van der Waals surface area contributed by atoms with Crippen LogP contribution in [0.4, 0.5) is 0 Å². The summed E-state index contributed by atoms with van der Waals surface area (Å²) in [6.07, 6.45) is 27.8. The standard InChI is InChI=1S/2C12H25.2CH3.Ce.4ClH/c2*1-3-5-7-9-11-12-10-8-6-4-2;;;;;;;/h2*1,3-12H2,2H3;2*1H3;;4*1H/q4*-1;+4;;;;/p-4. The summed E-state index contributed by atoms with van der Waals surface area (Å²) in [5, 5.41) is 0. The van der Waals surface area contributed by atoms with E-state index in [0.29, 0.717) is 0 Å². The zero-order valence-electron chi connectivity index (χ0n) is 21.6. The molecule has 0 nitrogen and oxygen atoms in total. The van der Waals surface area contributed by atoms with Crippen LogP contribution >= 0.6 is 0 Å². The van der Waals surface area contributed by atoms with Crippen molar-refractivity contribution in [2.24, 2.45) is 0 Å². The van der Waals surface area contributed by atoms with Gasteiger partial charge in [-0.15, -0.1) is 0 Å². The summed E-state index contributed by atoms with van der Waals surface area (Å²) in [7, 11) is 0. The van der Waals surface area contributed by atoms with Gasteiger partial charge in [0.1, 0.15) is 0 Å². The predicted octanol–water partition coefficient (Wildman–Crippen LogP) is -1.60. The minimum Gasteiger partial charge on any atom is -1.00 e. The molecule has 0 saturated carbocycles. The van der Waals surface area contributed by atoms with Gasteiger partial charge in [0.05, 0.1) is 0 Å². The van der Waals surface area contributed by atoms with Crippen molar-refractivity contribution in [1.29, 1.82) is 0 Å². The van der Waals surface area contributed by atoms with Crippen LogP contribution in [0.3, 0.4) is 0 Å². The minimum absolute atomic E-state index is 0. The summed E-state index contributed by atoms with van der Waals surface area (Å²) in [4.78, 5) is 0. The molecule has 0 bridgehead atoms. The summed E-state index contributed by atoms with van der Waals surface area (Å²) >= 11 is 0. The molecule has 0 aromatic carbocycles. The van der Waals surface area contributed by atoms with Crippen LogP contribution in [0.2, 0.25) is 0 Å². The van der Waals surface area contributed by atoms with Crippen molar-refractivity contribution in [1.82, 2.24) is 0 Å². The zero-order valence-corrected chi connectivity index (χ0v) is 27.7. The van der Waals surface area contributed by atoms with E-state index in [-0.39, 0.29) is 106 Å². The smallest absolute Gasteiger partial charge is 1.00 e. The SMILES string of the molecule is [CH2-]CCCCCCCCCCC.[CH2-]CCCCCCCCCCC.[CH3-].[CH3-].[Ce+4].[Cl-].[Cl-].[Cl-].[Cl-]. The molecule has 0 aromatic rings. The maximum Gasteiger partial charge on any atom is 4.00 e. The van der Waals surface area contributed by atoms with E-state index in [1.165, 1.54) is 116 Å². The molecule has 0 radical (unpaired) electrons. The first-order chi connectivity index (χ1) is 11.8. The number of halogens is 4. The molecule has 31 heavy (non-hydrogen) atoms. The number of rotatable bonds is 18. The van der Waals surface area contributed by atoms with Crippen LogP contribution in [0.5, 0.6) is 0 Å². The van der Waals surface area contributed by atoms with Gasteiger partial charge in [-0.1, -0.05) is 129 Å². The average Bonchev–Trinajstić information content (AvgIpc) is 2.60. The van der Waals surface area contributed by atoms with Crippen molar-refractivity contribution in [3.8, 4) is 0 Å². The molecule has 0 aliphatic carbocycles. The molecule has 0 saturated heterocycles. The van der Waals surface area contributed by atoms with Gasteiger partial charge >= 0.3 is 41.7 Å². The Labute approximate surface area is 259 Å². The number of hydrogen-bond donors (Lipinski definition) is 0. The van der Waals surface area contributed by atoms with E-state index in [1.54, 1.807) is 0 Å². The fourth-order valence-corrected chi connectivity index (χ4v) is 2.97. The fourth-order valence-electron chi connectivity index (χ4n) is 2.97. The Morgan fingerprint density at radius 3 is 0.677 bits per heavy atom. The second kappa shape index (κ2) is 63.7. The average molecular weight is 651 g/mol. The van der Waals surface area contributed by atoms with E-state index < -0.39 is 0 Å². The second-order valence-corrected chi connectivity index (χ2v) is 7.36. The van der Waals surface area contributed by atoms with Crippen LogP contribution < -0.4 is 49.6 Å². The van der Waals surface area contributed by atoms with Gasteiger partial charge in [-0.2, -0.15) is 12.8 Å². The Bertz CT molecular complexity index is 156. The molecule has 0 rings (SSSR count). The maximum absolute atomic E-state index is 3.84. The Morgan fingerprint density at radius 2 is 0.516 bits per heavy atom. The van der Waals surface area contributed by atoms with Crippen molar-refractivity contribution in [2.75, 3.05) is 0 Å². The molecular weight excluding hydrogens is 594 g/mol. The molecule has 0 aromatic heterocycles. The van der Waals surface area contributed by atoms with Gasteiger partial charge < -0.3 is 78.3 Å². The van der Waals surface area contributed by atoms with Gasteiger partial charge in [0, 0.05) is 0 Å². The normalized spacial score (nSPS) is 8.13. The number of unbranched alkanes of at least 4 members (excludes halogenated alkanes) is 18. The first-order valence-electron chi connectivity index (χ1n) is 11.4. The maximum atomic E-state index is 3.84. The molecule has 5 heteroatoms. The summed E-state index contributed by atoms with van der Waals surface area (Å²) in [5.41, 5.74) is 0. The van der Waals surface area contributed by atoms with E-state index in [0.717, 1.165) is 12.8 Å². The van der Waals surface area contributed by atoms with Crippen LogP contribution in [0.25, 0.3) is 0 Å². The van der Waals surface area contributed by atoms with Crippen LogP contribution in [0.15, 0.2) is 0 Å². The summed E-state index contributed by atoms with van der Waals surface area (Å²) < 4.78 is 0. The van der Waals surface area contributed by atoms with Crippen molar-refractivity contribution >= 4 is 0 Å². The molecule has 196 valence electrons. The Morgan fingerprint density at radius 1 is 0.355 bits per heavy atom. The molecule has 0 atom stereocenters. The quantitative estimate of drug-likeness (QED) is 0.124. The molecule has 0 aliphatic rings. The van der Waals surface area contributed by atoms with Crippen LogP contribution in [-0.4, -0.2) is 0 Å². The van der Waals surface area contributed by atoms with E-state index in [2.05, 4.69) is 27.7 Å². The monoisotopic (exact) mass is 648 g/mol. The largest absolute Gasteiger partial charge is 4.00 e. The molecule has 0 fully saturated rings. The molecule has 0 aliphatic heterocycles. The molecule has 0 N–H and O–H groups in total. The number of hydrogen-bond acceptors (Lipinski definition) is 0. The van der Waals surface area contributed by atoms with Gasteiger partial charge in [-0.3, -0.25) is 0 Å². The second-order valence-electron chi connectivity index (χ2n) is 7.36. The molecule has 0 heterocycles. The third-order valence-electron chi connectivity index (χ3n) is 4.71. The topological polar surface area (TPSA) is 0 Å². The summed E-state index contributed by atoms with van der Waals surface area (Å²) in [6.45, 7) is 12.2. The van der Waals surface area contributed by atoms with Crippen molar-refractivity contribution < 1.29 is 91.4 Å². The fraction of sp³-hybridized carbons (Fsp3) is 0.846. The molecule has 0 unspecified atom stereocenters. The summed E-state index contributed by atoms with van der Waals surface area (Å²) in [6, 6.07) is 0. The molecule has 0 amide bonds. The van der Waals surface area contributed by atoms with Crippen molar-refractivity contribution in [2.45, 2.75) is 142 Å². The van der Waals surface area contributed by atoms with Crippen LogP contribution in [0, 0.1) is 70.4 Å². The Kier molecular flexibility index (Phi) is 121. The van der Waals surface area contributed by atoms with Crippen LogP contribution in [0.1, 0.15) is 142 Å². The van der Waals surface area contributed by atoms with Gasteiger partial charge in [-0.25, -0.2) is 0 Å². The zero-order chi connectivity index (χ0) is 18.1. The van der Waals surface area contributed by atoms with Gasteiger partial charge in [-0.05, 0) is 0 Å². The van der Waals surface area contributed by atoms with E-state index in [9.17, 15) is 0 Å².